The molecule has 0 radical (unpaired) electrons. The zero-order valence-electron chi connectivity index (χ0n) is 28.9. The van der Waals surface area contributed by atoms with Crippen LogP contribution in [0.2, 0.25) is 0 Å². The van der Waals surface area contributed by atoms with Gasteiger partial charge in [-0.2, -0.15) is 0 Å². The first kappa shape index (κ1) is 33.9. The summed E-state index contributed by atoms with van der Waals surface area (Å²) in [6, 6.07) is 73.0. The van der Waals surface area contributed by atoms with Gasteiger partial charge in [-0.3, -0.25) is 0 Å². The third kappa shape index (κ3) is 9.15. The Morgan fingerprint density at radius 2 is 0.431 bits per heavy atom. The summed E-state index contributed by atoms with van der Waals surface area (Å²) in [6.07, 6.45) is 0. The molecule has 0 aliphatic rings. The normalized spacial score (nSPS) is 11.3. The van der Waals surface area contributed by atoms with Crippen molar-refractivity contribution in [1.29, 1.82) is 0 Å². The van der Waals surface area contributed by atoms with Gasteiger partial charge in [0.25, 0.3) is 0 Å². The molecule has 7 aromatic rings. The van der Waals surface area contributed by atoms with E-state index in [0.29, 0.717) is 0 Å². The molecule has 0 bridgehead atoms. The van der Waals surface area contributed by atoms with Crippen molar-refractivity contribution < 1.29 is 0 Å². The van der Waals surface area contributed by atoms with Crippen molar-refractivity contribution in [2.75, 3.05) is 0 Å². The molecule has 0 aliphatic carbocycles. The predicted octanol–water partition coefficient (Wildman–Crippen LogP) is 7.34. The van der Waals surface area contributed by atoms with Gasteiger partial charge in [-0.1, -0.05) is 233 Å². The van der Waals surface area contributed by atoms with Crippen LogP contribution in [0.5, 0.6) is 0 Å². The maximum absolute atomic E-state index is 2.57. The highest BCUT2D eigenvalue weighted by molar-refractivity contribution is 6.67. The standard InChI is InChI=1S/C48H42Si3/c1-7-19-37(20-8-1)46(38-21-9-2-10-22-38)34-49-43-31-44(50-35-47(39-23-11-3-12-24-39)40-25-13-4-14-26-40)33-45(32-43)51-36-48(41-27-15-5-16-28-41)42-29-17-6-18-30-42/h1-36H,49-51H2. The Morgan fingerprint density at radius 3 is 0.608 bits per heavy atom. The van der Waals surface area contributed by atoms with E-state index in [1.54, 1.807) is 0 Å². The van der Waals surface area contributed by atoms with Crippen molar-refractivity contribution in [2.45, 2.75) is 0 Å². The molecule has 0 nitrogen and oxygen atoms in total. The zero-order valence-corrected chi connectivity index (χ0v) is 33.1. The van der Waals surface area contributed by atoms with Gasteiger partial charge in [0.1, 0.15) is 0 Å². The third-order valence-electron chi connectivity index (χ3n) is 9.25. The molecule has 7 aromatic carbocycles. The molecule has 0 aliphatic heterocycles. The second-order valence-electron chi connectivity index (χ2n) is 12.8. The van der Waals surface area contributed by atoms with E-state index in [4.69, 9.17) is 0 Å². The van der Waals surface area contributed by atoms with Crippen molar-refractivity contribution in [3.8, 4) is 0 Å². The molecular formula is C48H42Si3. The lowest BCUT2D eigenvalue weighted by atomic mass is 10.00. The minimum atomic E-state index is -0.724. The van der Waals surface area contributed by atoms with Crippen molar-refractivity contribution in [2.24, 2.45) is 0 Å². The van der Waals surface area contributed by atoms with Crippen LogP contribution in [0.3, 0.4) is 0 Å². The minimum absolute atomic E-state index is 0.724. The fourth-order valence-corrected chi connectivity index (χ4v) is 12.6. The maximum atomic E-state index is 2.57. The fourth-order valence-electron chi connectivity index (χ4n) is 6.77. The Kier molecular flexibility index (Phi) is 11.5. The van der Waals surface area contributed by atoms with Gasteiger partial charge < -0.3 is 0 Å². The monoisotopic (exact) mass is 702 g/mol. The summed E-state index contributed by atoms with van der Waals surface area (Å²) < 4.78 is 0. The SMILES string of the molecule is C([SiH2]c1cc([SiH2]C=C(c2ccccc2)c2ccccc2)cc([SiH2]C=C(c2ccccc2)c2ccccc2)c1)=C(c1ccccc1)c1ccccc1. The molecule has 51 heavy (non-hydrogen) atoms. The second-order valence-corrected chi connectivity index (χ2v) is 17.7. The van der Waals surface area contributed by atoms with Crippen LogP contribution >= 0.6 is 0 Å². The summed E-state index contributed by atoms with van der Waals surface area (Å²) in [5.41, 5.74) is 19.4. The molecule has 0 aromatic heterocycles. The first-order valence-corrected chi connectivity index (χ1v) is 22.4. The van der Waals surface area contributed by atoms with Gasteiger partial charge in [0.15, 0.2) is 0 Å². The van der Waals surface area contributed by atoms with E-state index in [0.717, 1.165) is 0 Å². The number of hydrogen-bond acceptors (Lipinski definition) is 0. The summed E-state index contributed by atoms with van der Waals surface area (Å²) in [5.74, 6) is 0. The van der Waals surface area contributed by atoms with Gasteiger partial charge >= 0.3 is 0 Å². The van der Waals surface area contributed by atoms with Gasteiger partial charge in [0.05, 0.1) is 28.6 Å². The average Bonchev–Trinajstić information content (AvgIpc) is 3.21. The lowest BCUT2D eigenvalue weighted by Crippen LogP contribution is -2.31. The van der Waals surface area contributed by atoms with Gasteiger partial charge in [-0.25, -0.2) is 0 Å². The summed E-state index contributed by atoms with van der Waals surface area (Å²) in [4.78, 5) is 0. The lowest BCUT2D eigenvalue weighted by molar-refractivity contribution is 1.55. The molecular weight excluding hydrogens is 661 g/mol. The summed E-state index contributed by atoms with van der Waals surface area (Å²) in [6.45, 7) is 0. The smallest absolute Gasteiger partial charge is 0.0791 e. The fraction of sp³-hybridized carbons (Fsp3) is 0. The number of rotatable bonds is 12. The Labute approximate surface area is 310 Å². The zero-order chi connectivity index (χ0) is 34.5. The molecule has 7 rings (SSSR count). The van der Waals surface area contributed by atoms with E-state index in [1.807, 2.05) is 0 Å². The second kappa shape index (κ2) is 17.4. The van der Waals surface area contributed by atoms with E-state index in [1.165, 1.54) is 65.7 Å². The van der Waals surface area contributed by atoms with Gasteiger partial charge in [0.2, 0.25) is 0 Å². The molecule has 0 amide bonds. The molecule has 0 heterocycles. The Hall–Kier alpha value is -5.59. The first-order chi connectivity index (χ1) is 25.3. The molecule has 0 N–H and O–H groups in total. The van der Waals surface area contributed by atoms with Crippen LogP contribution in [0, 0.1) is 0 Å². The van der Waals surface area contributed by atoms with Crippen LogP contribution < -0.4 is 15.6 Å². The topological polar surface area (TPSA) is 0 Å². The quantitative estimate of drug-likeness (QED) is 0.117. The van der Waals surface area contributed by atoms with Crippen molar-refractivity contribution >= 4 is 60.8 Å². The van der Waals surface area contributed by atoms with Gasteiger partial charge in [0, 0.05) is 0 Å². The Balaban J connectivity index is 1.29. The molecule has 246 valence electrons. The molecule has 3 heteroatoms. The lowest BCUT2D eigenvalue weighted by Gasteiger charge is -2.12. The van der Waals surface area contributed by atoms with Crippen LogP contribution in [0.25, 0.3) is 16.7 Å². The summed E-state index contributed by atoms with van der Waals surface area (Å²) in [7, 11) is -2.17. The molecule has 0 unspecified atom stereocenters. The number of hydrogen-bond donors (Lipinski definition) is 0. The van der Waals surface area contributed by atoms with Crippen LogP contribution in [0.15, 0.2) is 217 Å². The molecule has 0 atom stereocenters. The van der Waals surface area contributed by atoms with E-state index < -0.39 is 28.6 Å². The molecule has 0 spiro atoms. The first-order valence-electron chi connectivity index (χ1n) is 17.8. The van der Waals surface area contributed by atoms with Crippen LogP contribution in [0.1, 0.15) is 33.4 Å². The van der Waals surface area contributed by atoms with Crippen LogP contribution in [0.4, 0.5) is 0 Å². The molecule has 0 fully saturated rings. The van der Waals surface area contributed by atoms with E-state index in [-0.39, 0.29) is 0 Å². The summed E-state index contributed by atoms with van der Waals surface area (Å²) >= 11 is 0. The van der Waals surface area contributed by atoms with Gasteiger partial charge in [-0.15, -0.1) is 0 Å². The van der Waals surface area contributed by atoms with E-state index in [2.05, 4.69) is 217 Å². The van der Waals surface area contributed by atoms with Crippen molar-refractivity contribution in [3.63, 3.8) is 0 Å². The Bertz CT molecular complexity index is 1830. The van der Waals surface area contributed by atoms with Crippen LogP contribution in [-0.2, 0) is 0 Å². The predicted molar refractivity (Wildman–Crippen MR) is 231 cm³/mol. The number of benzene rings is 7. The highest BCUT2D eigenvalue weighted by Gasteiger charge is 2.10. The highest BCUT2D eigenvalue weighted by atomic mass is 28.2. The van der Waals surface area contributed by atoms with Crippen molar-refractivity contribution in [3.05, 3.63) is 251 Å². The third-order valence-corrected chi connectivity index (χ3v) is 13.7. The minimum Gasteiger partial charge on any atom is -0.0879 e. The maximum Gasteiger partial charge on any atom is 0.0791 e. The van der Waals surface area contributed by atoms with Crippen molar-refractivity contribution in [1.82, 2.24) is 0 Å². The van der Waals surface area contributed by atoms with Crippen LogP contribution in [-0.4, -0.2) is 28.6 Å². The summed E-state index contributed by atoms with van der Waals surface area (Å²) in [5, 5.41) is 4.57. The molecule has 0 saturated carbocycles. The largest absolute Gasteiger partial charge is 0.0879 e. The average molecular weight is 703 g/mol. The van der Waals surface area contributed by atoms with E-state index in [9.17, 15) is 0 Å². The molecule has 0 saturated heterocycles. The van der Waals surface area contributed by atoms with E-state index >= 15 is 0 Å². The highest BCUT2D eigenvalue weighted by Crippen LogP contribution is 2.25. The van der Waals surface area contributed by atoms with Gasteiger partial charge in [-0.05, 0) is 50.1 Å². The Morgan fingerprint density at radius 1 is 0.255 bits per heavy atom.